The van der Waals surface area contributed by atoms with Gasteiger partial charge in [0.2, 0.25) is 5.91 Å². The van der Waals surface area contributed by atoms with Gasteiger partial charge >= 0.3 is 0 Å². The number of carbonyl (C=O) groups is 1. The number of amides is 1. The molecule has 2 aliphatic rings. The molecule has 0 N–H and O–H groups in total. The van der Waals surface area contributed by atoms with Gasteiger partial charge in [0.1, 0.15) is 6.04 Å². The molecule has 0 radical (unpaired) electrons. The largest absolute Gasteiger partial charge is 0.326 e. The first-order chi connectivity index (χ1) is 6.83. The number of hydrogen-bond donors (Lipinski definition) is 0. The van der Waals surface area contributed by atoms with Gasteiger partial charge in [0.25, 0.3) is 0 Å². The van der Waals surface area contributed by atoms with E-state index >= 15 is 0 Å². The van der Waals surface area contributed by atoms with Crippen molar-refractivity contribution >= 4 is 5.91 Å². The third-order valence-electron chi connectivity index (χ3n) is 3.39. The second kappa shape index (κ2) is 4.00. The van der Waals surface area contributed by atoms with Crippen molar-refractivity contribution in [2.75, 3.05) is 6.54 Å². The van der Waals surface area contributed by atoms with Gasteiger partial charge in [0.15, 0.2) is 0 Å². The summed E-state index contributed by atoms with van der Waals surface area (Å²) in [6.45, 7) is 0.799. The van der Waals surface area contributed by atoms with Crippen LogP contribution in [-0.4, -0.2) is 23.4 Å². The van der Waals surface area contributed by atoms with E-state index in [0.29, 0.717) is 0 Å². The lowest BCUT2D eigenvalue weighted by Crippen LogP contribution is -2.38. The van der Waals surface area contributed by atoms with Crippen LogP contribution in [0.2, 0.25) is 0 Å². The minimum absolute atomic E-state index is 0.136. The minimum atomic E-state index is -0.136. The monoisotopic (exact) mass is 192 g/mol. The summed E-state index contributed by atoms with van der Waals surface area (Å²) in [5.41, 5.74) is 0. The van der Waals surface area contributed by atoms with Gasteiger partial charge in [0.05, 0.1) is 6.07 Å². The summed E-state index contributed by atoms with van der Waals surface area (Å²) in [6, 6.07) is 2.09. The van der Waals surface area contributed by atoms with Gasteiger partial charge in [-0.1, -0.05) is 12.8 Å². The summed E-state index contributed by atoms with van der Waals surface area (Å²) >= 11 is 0. The van der Waals surface area contributed by atoms with E-state index in [1.54, 1.807) is 4.90 Å². The summed E-state index contributed by atoms with van der Waals surface area (Å²) in [5.74, 6) is 0.468. The summed E-state index contributed by atoms with van der Waals surface area (Å²) in [7, 11) is 0. The van der Waals surface area contributed by atoms with Crippen molar-refractivity contribution in [1.82, 2.24) is 4.90 Å². The fourth-order valence-electron chi connectivity index (χ4n) is 2.57. The van der Waals surface area contributed by atoms with Crippen LogP contribution in [0.15, 0.2) is 0 Å². The lowest BCUT2D eigenvalue weighted by atomic mass is 10.1. The molecule has 14 heavy (non-hydrogen) atoms. The van der Waals surface area contributed by atoms with Crippen molar-refractivity contribution in [3.05, 3.63) is 0 Å². The molecule has 2 fully saturated rings. The fourth-order valence-corrected chi connectivity index (χ4v) is 2.57. The normalized spacial score (nSPS) is 27.9. The van der Waals surface area contributed by atoms with Crippen LogP contribution in [0.1, 0.15) is 38.5 Å². The molecule has 2 rings (SSSR count). The standard InChI is InChI=1S/C11H16N2O/c12-8-10-6-3-7-13(10)11(14)9-4-1-2-5-9/h9-10H,1-7H2. The molecule has 3 heteroatoms. The van der Waals surface area contributed by atoms with E-state index in [1.807, 2.05) is 0 Å². The van der Waals surface area contributed by atoms with Crippen molar-refractivity contribution in [2.45, 2.75) is 44.6 Å². The van der Waals surface area contributed by atoms with Crippen molar-refractivity contribution in [1.29, 1.82) is 5.26 Å². The Morgan fingerprint density at radius 2 is 1.93 bits per heavy atom. The highest BCUT2D eigenvalue weighted by atomic mass is 16.2. The van der Waals surface area contributed by atoms with Crippen molar-refractivity contribution in [3.8, 4) is 6.07 Å². The van der Waals surface area contributed by atoms with Crippen molar-refractivity contribution in [2.24, 2.45) is 5.92 Å². The van der Waals surface area contributed by atoms with Crippen LogP contribution in [-0.2, 0) is 4.79 Å². The first-order valence-electron chi connectivity index (χ1n) is 5.53. The molecule has 1 saturated heterocycles. The highest BCUT2D eigenvalue weighted by Gasteiger charge is 2.33. The molecule has 1 saturated carbocycles. The third-order valence-corrected chi connectivity index (χ3v) is 3.39. The van der Waals surface area contributed by atoms with Gasteiger partial charge in [0, 0.05) is 12.5 Å². The number of likely N-dealkylation sites (tertiary alicyclic amines) is 1. The second-order valence-electron chi connectivity index (χ2n) is 4.30. The summed E-state index contributed by atoms with van der Waals surface area (Å²) in [5, 5.41) is 8.88. The predicted octanol–water partition coefficient (Wildman–Crippen LogP) is 1.69. The van der Waals surface area contributed by atoms with E-state index in [2.05, 4.69) is 6.07 Å². The fraction of sp³-hybridized carbons (Fsp3) is 0.818. The molecule has 1 heterocycles. The predicted molar refractivity (Wildman–Crippen MR) is 52.3 cm³/mol. The number of rotatable bonds is 1. The molecule has 1 aliphatic carbocycles. The maximum absolute atomic E-state index is 12.0. The van der Waals surface area contributed by atoms with Gasteiger partial charge in [-0.15, -0.1) is 0 Å². The molecule has 0 spiro atoms. The van der Waals surface area contributed by atoms with Gasteiger partial charge in [-0.3, -0.25) is 4.79 Å². The van der Waals surface area contributed by atoms with Gasteiger partial charge in [-0.05, 0) is 25.7 Å². The molecular formula is C11H16N2O. The molecule has 3 nitrogen and oxygen atoms in total. The van der Waals surface area contributed by atoms with E-state index < -0.39 is 0 Å². The van der Waals surface area contributed by atoms with Gasteiger partial charge in [-0.25, -0.2) is 0 Å². The van der Waals surface area contributed by atoms with E-state index in [1.165, 1.54) is 12.8 Å². The van der Waals surface area contributed by atoms with Crippen LogP contribution in [0, 0.1) is 17.2 Å². The molecule has 1 aliphatic heterocycles. The van der Waals surface area contributed by atoms with E-state index in [-0.39, 0.29) is 17.9 Å². The molecule has 0 bridgehead atoms. The second-order valence-corrected chi connectivity index (χ2v) is 4.30. The lowest BCUT2D eigenvalue weighted by molar-refractivity contribution is -0.135. The van der Waals surface area contributed by atoms with Crippen molar-refractivity contribution < 1.29 is 4.79 Å². The molecule has 0 aromatic rings. The van der Waals surface area contributed by atoms with Crippen molar-refractivity contribution in [3.63, 3.8) is 0 Å². The Hall–Kier alpha value is -1.04. The summed E-state index contributed by atoms with van der Waals surface area (Å²) in [4.78, 5) is 13.8. The molecule has 1 unspecified atom stereocenters. The first kappa shape index (κ1) is 9.51. The Morgan fingerprint density at radius 3 is 2.57 bits per heavy atom. The molecule has 76 valence electrons. The smallest absolute Gasteiger partial charge is 0.226 e. The molecule has 0 aromatic heterocycles. The quantitative estimate of drug-likeness (QED) is 0.634. The van der Waals surface area contributed by atoms with Crippen LogP contribution < -0.4 is 0 Å². The van der Waals surface area contributed by atoms with Crippen LogP contribution in [0.4, 0.5) is 0 Å². The highest BCUT2D eigenvalue weighted by molar-refractivity contribution is 5.80. The van der Waals surface area contributed by atoms with Crippen LogP contribution >= 0.6 is 0 Å². The maximum atomic E-state index is 12.0. The third kappa shape index (κ3) is 1.61. The zero-order valence-electron chi connectivity index (χ0n) is 8.41. The lowest BCUT2D eigenvalue weighted by Gasteiger charge is -2.22. The van der Waals surface area contributed by atoms with E-state index in [4.69, 9.17) is 5.26 Å². The Morgan fingerprint density at radius 1 is 1.21 bits per heavy atom. The van der Waals surface area contributed by atoms with E-state index in [9.17, 15) is 4.79 Å². The van der Waals surface area contributed by atoms with Crippen LogP contribution in [0.3, 0.4) is 0 Å². The molecular weight excluding hydrogens is 176 g/mol. The minimum Gasteiger partial charge on any atom is -0.326 e. The Balaban J connectivity index is 2.00. The number of carbonyl (C=O) groups excluding carboxylic acids is 1. The molecule has 1 atom stereocenters. The zero-order valence-corrected chi connectivity index (χ0v) is 8.41. The first-order valence-corrected chi connectivity index (χ1v) is 5.53. The SMILES string of the molecule is N#CC1CCCN1C(=O)C1CCCC1. The zero-order chi connectivity index (χ0) is 9.97. The Labute approximate surface area is 84.7 Å². The molecule has 0 aromatic carbocycles. The number of nitrogens with zero attached hydrogens (tertiary/aromatic N) is 2. The Bertz CT molecular complexity index is 263. The topological polar surface area (TPSA) is 44.1 Å². The van der Waals surface area contributed by atoms with Crippen LogP contribution in [0.5, 0.6) is 0 Å². The summed E-state index contributed by atoms with van der Waals surface area (Å²) < 4.78 is 0. The molecule has 1 amide bonds. The average Bonchev–Trinajstić information content (AvgIpc) is 2.87. The maximum Gasteiger partial charge on any atom is 0.226 e. The Kier molecular flexibility index (Phi) is 2.72. The summed E-state index contributed by atoms with van der Waals surface area (Å²) in [6.07, 6.45) is 6.30. The average molecular weight is 192 g/mol. The van der Waals surface area contributed by atoms with Gasteiger partial charge < -0.3 is 4.90 Å². The van der Waals surface area contributed by atoms with Crippen LogP contribution in [0.25, 0.3) is 0 Å². The number of hydrogen-bond acceptors (Lipinski definition) is 2. The van der Waals surface area contributed by atoms with Gasteiger partial charge in [-0.2, -0.15) is 5.26 Å². The van der Waals surface area contributed by atoms with E-state index in [0.717, 1.165) is 32.2 Å². The number of nitriles is 1. The highest BCUT2D eigenvalue weighted by Crippen LogP contribution is 2.29.